The van der Waals surface area contributed by atoms with Crippen molar-refractivity contribution in [3.63, 3.8) is 0 Å². The van der Waals surface area contributed by atoms with Crippen LogP contribution in [0.4, 0.5) is 0 Å². The maximum Gasteiger partial charge on any atom is 0.343 e. The summed E-state index contributed by atoms with van der Waals surface area (Å²) in [6.45, 7) is 4.00. The number of ether oxygens (including phenoxy) is 1. The van der Waals surface area contributed by atoms with Gasteiger partial charge in [0.1, 0.15) is 5.56 Å². The van der Waals surface area contributed by atoms with E-state index in [4.69, 9.17) is 4.74 Å². The van der Waals surface area contributed by atoms with Crippen LogP contribution in [0.25, 0.3) is 10.9 Å². The number of pyridine rings is 1. The fraction of sp³-hybridized carbons (Fsp3) is 0.375. The van der Waals surface area contributed by atoms with Crippen molar-refractivity contribution in [1.29, 1.82) is 0 Å². The van der Waals surface area contributed by atoms with E-state index >= 15 is 0 Å². The lowest BCUT2D eigenvalue weighted by Gasteiger charge is -2.14. The van der Waals surface area contributed by atoms with E-state index in [1.807, 2.05) is 19.1 Å². The Morgan fingerprint density at radius 1 is 1.40 bits per heavy atom. The summed E-state index contributed by atoms with van der Waals surface area (Å²) >= 11 is 0. The molecule has 20 heavy (non-hydrogen) atoms. The molecule has 1 heterocycles. The highest BCUT2D eigenvalue weighted by Crippen LogP contribution is 2.37. The molecular weight excluding hydrogens is 254 g/mol. The van der Waals surface area contributed by atoms with E-state index in [9.17, 15) is 9.59 Å². The van der Waals surface area contributed by atoms with Crippen molar-refractivity contribution in [2.24, 2.45) is 0 Å². The maximum absolute atomic E-state index is 12.5. The van der Waals surface area contributed by atoms with E-state index in [2.05, 4.69) is 4.57 Å². The summed E-state index contributed by atoms with van der Waals surface area (Å²) in [6, 6.07) is 6.02. The van der Waals surface area contributed by atoms with Gasteiger partial charge in [0.2, 0.25) is 5.43 Å². The van der Waals surface area contributed by atoms with Crippen LogP contribution < -0.4 is 5.43 Å². The highest BCUT2D eigenvalue weighted by atomic mass is 16.5. The van der Waals surface area contributed by atoms with Gasteiger partial charge in [0.05, 0.1) is 12.1 Å². The smallest absolute Gasteiger partial charge is 0.343 e. The topological polar surface area (TPSA) is 48.3 Å². The molecule has 3 rings (SSSR count). The summed E-state index contributed by atoms with van der Waals surface area (Å²) in [4.78, 5) is 24.4. The fourth-order valence-electron chi connectivity index (χ4n) is 2.59. The highest BCUT2D eigenvalue weighted by molar-refractivity contribution is 5.94. The summed E-state index contributed by atoms with van der Waals surface area (Å²) in [7, 11) is 0. The SMILES string of the molecule is CCOC(=O)c1cn(C2CC2)c2c(C)cccc2c1=O. The Bertz CT molecular complexity index is 741. The molecule has 104 valence electrons. The number of para-hydroxylation sites is 1. The van der Waals surface area contributed by atoms with Gasteiger partial charge in [-0.25, -0.2) is 4.79 Å². The van der Waals surface area contributed by atoms with Gasteiger partial charge in [-0.2, -0.15) is 0 Å². The molecule has 1 saturated carbocycles. The molecule has 1 aromatic heterocycles. The molecular formula is C16H17NO3. The van der Waals surface area contributed by atoms with E-state index in [1.165, 1.54) is 0 Å². The molecule has 0 unspecified atom stereocenters. The van der Waals surface area contributed by atoms with Crippen LogP contribution in [0.3, 0.4) is 0 Å². The molecule has 1 aliphatic carbocycles. The molecule has 0 N–H and O–H groups in total. The van der Waals surface area contributed by atoms with Crippen molar-refractivity contribution in [2.75, 3.05) is 6.61 Å². The zero-order valence-electron chi connectivity index (χ0n) is 11.7. The molecule has 0 aliphatic heterocycles. The number of hydrogen-bond acceptors (Lipinski definition) is 3. The Hall–Kier alpha value is -2.10. The summed E-state index contributed by atoms with van der Waals surface area (Å²) in [5.41, 5.74) is 1.89. The minimum Gasteiger partial charge on any atom is -0.462 e. The third-order valence-electron chi connectivity index (χ3n) is 3.69. The van der Waals surface area contributed by atoms with Gasteiger partial charge < -0.3 is 9.30 Å². The summed E-state index contributed by atoms with van der Waals surface area (Å²) < 4.78 is 7.06. The molecule has 0 radical (unpaired) electrons. The average Bonchev–Trinajstić information content (AvgIpc) is 3.24. The first-order valence-electron chi connectivity index (χ1n) is 6.95. The van der Waals surface area contributed by atoms with Crippen LogP contribution in [-0.4, -0.2) is 17.1 Å². The van der Waals surface area contributed by atoms with Gasteiger partial charge in [-0.3, -0.25) is 4.79 Å². The fourth-order valence-corrected chi connectivity index (χ4v) is 2.59. The zero-order chi connectivity index (χ0) is 14.3. The largest absolute Gasteiger partial charge is 0.462 e. The third kappa shape index (κ3) is 2.01. The number of nitrogens with zero attached hydrogens (tertiary/aromatic N) is 1. The van der Waals surface area contributed by atoms with Crippen molar-refractivity contribution in [3.8, 4) is 0 Å². The van der Waals surface area contributed by atoms with Crippen molar-refractivity contribution >= 4 is 16.9 Å². The Morgan fingerprint density at radius 3 is 2.80 bits per heavy atom. The Balaban J connectivity index is 2.31. The van der Waals surface area contributed by atoms with Gasteiger partial charge in [0, 0.05) is 17.6 Å². The van der Waals surface area contributed by atoms with Gasteiger partial charge in [0.15, 0.2) is 0 Å². The van der Waals surface area contributed by atoms with Crippen molar-refractivity contribution in [1.82, 2.24) is 4.57 Å². The van der Waals surface area contributed by atoms with Crippen LogP contribution in [0.15, 0.2) is 29.2 Å². The second-order valence-electron chi connectivity index (χ2n) is 5.20. The van der Waals surface area contributed by atoms with Gasteiger partial charge in [-0.1, -0.05) is 12.1 Å². The Morgan fingerprint density at radius 2 is 2.15 bits per heavy atom. The number of carbonyl (C=O) groups is 1. The predicted octanol–water partition coefficient (Wildman–Crippen LogP) is 2.82. The number of aryl methyl sites for hydroxylation is 1. The van der Waals surface area contributed by atoms with Crippen molar-refractivity contribution in [3.05, 3.63) is 45.7 Å². The molecule has 4 nitrogen and oxygen atoms in total. The number of carbonyl (C=O) groups excluding carboxylic acids is 1. The van der Waals surface area contributed by atoms with Crippen molar-refractivity contribution < 1.29 is 9.53 Å². The summed E-state index contributed by atoms with van der Waals surface area (Å²) in [6.07, 6.45) is 3.86. The number of benzene rings is 1. The molecule has 1 fully saturated rings. The van der Waals surface area contributed by atoms with Gasteiger partial charge in [0.25, 0.3) is 0 Å². The minimum atomic E-state index is -0.532. The lowest BCUT2D eigenvalue weighted by molar-refractivity contribution is 0.0524. The average molecular weight is 271 g/mol. The van der Waals surface area contributed by atoms with Gasteiger partial charge in [-0.05, 0) is 38.3 Å². The van der Waals surface area contributed by atoms with Crippen LogP contribution in [0.5, 0.6) is 0 Å². The Kier molecular flexibility index (Phi) is 3.08. The van der Waals surface area contributed by atoms with Crippen LogP contribution in [0.2, 0.25) is 0 Å². The molecule has 0 spiro atoms. The van der Waals surface area contributed by atoms with E-state index in [0.717, 1.165) is 23.9 Å². The van der Waals surface area contributed by atoms with Crippen LogP contribution in [0.1, 0.15) is 41.7 Å². The standard InChI is InChI=1S/C16H17NO3/c1-3-20-16(19)13-9-17(11-7-8-11)14-10(2)5-4-6-12(14)15(13)18/h4-6,9,11H,3,7-8H2,1-2H3. The molecule has 4 heteroatoms. The van der Waals surface area contributed by atoms with Crippen LogP contribution in [-0.2, 0) is 4.74 Å². The first-order chi connectivity index (χ1) is 9.63. The maximum atomic E-state index is 12.5. The van der Waals surface area contributed by atoms with E-state index in [1.54, 1.807) is 19.2 Å². The predicted molar refractivity (Wildman–Crippen MR) is 77.2 cm³/mol. The lowest BCUT2D eigenvalue weighted by atomic mass is 10.1. The molecule has 2 aromatic rings. The number of rotatable bonds is 3. The van der Waals surface area contributed by atoms with E-state index in [-0.39, 0.29) is 17.6 Å². The van der Waals surface area contributed by atoms with E-state index < -0.39 is 5.97 Å². The molecule has 1 aliphatic rings. The van der Waals surface area contributed by atoms with Gasteiger partial charge >= 0.3 is 5.97 Å². The normalized spacial score (nSPS) is 14.5. The monoisotopic (exact) mass is 271 g/mol. The lowest BCUT2D eigenvalue weighted by Crippen LogP contribution is -2.21. The summed E-state index contributed by atoms with van der Waals surface area (Å²) in [5, 5.41) is 0.599. The number of hydrogen-bond donors (Lipinski definition) is 0. The molecule has 0 atom stereocenters. The highest BCUT2D eigenvalue weighted by Gasteiger charge is 2.27. The van der Waals surface area contributed by atoms with Gasteiger partial charge in [-0.15, -0.1) is 0 Å². The quantitative estimate of drug-likeness (QED) is 0.806. The summed E-state index contributed by atoms with van der Waals surface area (Å²) in [5.74, 6) is -0.532. The second-order valence-corrected chi connectivity index (χ2v) is 5.20. The van der Waals surface area contributed by atoms with E-state index in [0.29, 0.717) is 11.4 Å². The number of aromatic nitrogens is 1. The molecule has 0 saturated heterocycles. The molecule has 0 bridgehead atoms. The molecule has 1 aromatic carbocycles. The van der Waals surface area contributed by atoms with Crippen LogP contribution >= 0.6 is 0 Å². The first kappa shape index (κ1) is 12.9. The first-order valence-corrected chi connectivity index (χ1v) is 6.95. The number of esters is 1. The third-order valence-corrected chi connectivity index (χ3v) is 3.69. The van der Waals surface area contributed by atoms with Crippen molar-refractivity contribution in [2.45, 2.75) is 32.7 Å². The minimum absolute atomic E-state index is 0.136. The number of fused-ring (bicyclic) bond motifs is 1. The van der Waals surface area contributed by atoms with Crippen LogP contribution in [0, 0.1) is 6.92 Å². The zero-order valence-corrected chi connectivity index (χ0v) is 11.7. The molecule has 0 amide bonds. The second kappa shape index (κ2) is 4.78. The Labute approximate surface area is 117 Å².